The van der Waals surface area contributed by atoms with Gasteiger partial charge in [-0.2, -0.15) is 0 Å². The van der Waals surface area contributed by atoms with Gasteiger partial charge < -0.3 is 19.3 Å². The smallest absolute Gasteiger partial charge is 0.255 e. The molecule has 6 heteroatoms. The van der Waals surface area contributed by atoms with Gasteiger partial charge in [0.15, 0.2) is 0 Å². The number of halogens is 1. The lowest BCUT2D eigenvalue weighted by Gasteiger charge is -2.36. The average molecular weight is 419 g/mol. The molecular formula is C20H23BrN2O3. The fourth-order valence-corrected chi connectivity index (χ4v) is 3.53. The number of anilines is 1. The third kappa shape index (κ3) is 3.96. The molecule has 0 aliphatic carbocycles. The van der Waals surface area contributed by atoms with E-state index in [9.17, 15) is 4.79 Å². The van der Waals surface area contributed by atoms with Crippen LogP contribution in [0.3, 0.4) is 0 Å². The van der Waals surface area contributed by atoms with Gasteiger partial charge in [-0.05, 0) is 53.2 Å². The Hall–Kier alpha value is -2.21. The number of amides is 1. The molecule has 138 valence electrons. The molecule has 1 aliphatic heterocycles. The third-order valence-corrected chi connectivity index (χ3v) is 5.17. The van der Waals surface area contributed by atoms with Crippen LogP contribution in [0.4, 0.5) is 5.69 Å². The Kier molecular flexibility index (Phi) is 6.04. The van der Waals surface area contributed by atoms with E-state index in [0.29, 0.717) is 31.0 Å². The highest BCUT2D eigenvalue weighted by atomic mass is 79.9. The zero-order valence-electron chi connectivity index (χ0n) is 15.1. The maximum absolute atomic E-state index is 12.9. The van der Waals surface area contributed by atoms with E-state index in [1.165, 1.54) is 0 Å². The van der Waals surface area contributed by atoms with E-state index in [2.05, 4.69) is 26.9 Å². The van der Waals surface area contributed by atoms with E-state index in [1.807, 2.05) is 42.2 Å². The molecule has 0 bridgehead atoms. The molecule has 1 aliphatic rings. The Morgan fingerprint density at radius 3 is 2.54 bits per heavy atom. The number of rotatable bonds is 5. The highest BCUT2D eigenvalue weighted by Crippen LogP contribution is 2.29. The van der Waals surface area contributed by atoms with Crippen LogP contribution in [0, 0.1) is 0 Å². The minimum Gasteiger partial charge on any atom is -0.497 e. The molecule has 0 unspecified atom stereocenters. The second-order valence-electron chi connectivity index (χ2n) is 6.03. The number of ether oxygens (including phenoxy) is 2. The number of hydrogen-bond acceptors (Lipinski definition) is 4. The molecule has 0 N–H and O–H groups in total. The summed E-state index contributed by atoms with van der Waals surface area (Å²) in [7, 11) is 1.60. The molecular weight excluding hydrogens is 396 g/mol. The van der Waals surface area contributed by atoms with Crippen LogP contribution in [0.2, 0.25) is 0 Å². The van der Waals surface area contributed by atoms with Crippen molar-refractivity contribution in [1.82, 2.24) is 4.90 Å². The highest BCUT2D eigenvalue weighted by Gasteiger charge is 2.25. The predicted octanol–water partition coefficient (Wildman–Crippen LogP) is 3.82. The number of benzene rings is 2. The standard InChI is InChI=1S/C20H23BrN2O3/c1-3-26-19-7-5-4-6-18(19)22-10-12-23(13-11-22)20(24)16-14-15(25-2)8-9-17(16)21/h4-9,14H,3,10-13H2,1-2H3. The molecule has 0 saturated carbocycles. The fraction of sp³-hybridized carbons (Fsp3) is 0.350. The second kappa shape index (κ2) is 8.45. The van der Waals surface area contributed by atoms with Crippen molar-refractivity contribution in [3.05, 3.63) is 52.5 Å². The van der Waals surface area contributed by atoms with Crippen molar-refractivity contribution in [1.29, 1.82) is 0 Å². The molecule has 0 spiro atoms. The largest absolute Gasteiger partial charge is 0.497 e. The van der Waals surface area contributed by atoms with Gasteiger partial charge in [0.1, 0.15) is 11.5 Å². The van der Waals surface area contributed by atoms with Crippen molar-refractivity contribution in [3.8, 4) is 11.5 Å². The number of carbonyl (C=O) groups excluding carboxylic acids is 1. The molecule has 0 atom stereocenters. The molecule has 26 heavy (non-hydrogen) atoms. The summed E-state index contributed by atoms with van der Waals surface area (Å²) in [6, 6.07) is 13.5. The van der Waals surface area contributed by atoms with Crippen LogP contribution in [0.15, 0.2) is 46.9 Å². The van der Waals surface area contributed by atoms with E-state index >= 15 is 0 Å². The molecule has 1 saturated heterocycles. The van der Waals surface area contributed by atoms with Crippen LogP contribution in [0.1, 0.15) is 17.3 Å². The molecule has 1 heterocycles. The number of hydrogen-bond donors (Lipinski definition) is 0. The van der Waals surface area contributed by atoms with E-state index in [-0.39, 0.29) is 5.91 Å². The minimum atomic E-state index is 0.0218. The summed E-state index contributed by atoms with van der Waals surface area (Å²) in [5.74, 6) is 1.60. The van der Waals surface area contributed by atoms with Crippen LogP contribution in [0.5, 0.6) is 11.5 Å². The Labute approximate surface area is 162 Å². The lowest BCUT2D eigenvalue weighted by atomic mass is 10.1. The molecule has 0 aromatic heterocycles. The summed E-state index contributed by atoms with van der Waals surface area (Å²) in [4.78, 5) is 17.1. The lowest BCUT2D eigenvalue weighted by Crippen LogP contribution is -2.49. The van der Waals surface area contributed by atoms with Gasteiger partial charge in [0.2, 0.25) is 0 Å². The van der Waals surface area contributed by atoms with Crippen molar-refractivity contribution in [3.63, 3.8) is 0 Å². The summed E-state index contributed by atoms with van der Waals surface area (Å²) in [6.07, 6.45) is 0. The van der Waals surface area contributed by atoms with Crippen molar-refractivity contribution in [2.24, 2.45) is 0 Å². The van der Waals surface area contributed by atoms with E-state index in [4.69, 9.17) is 9.47 Å². The summed E-state index contributed by atoms with van der Waals surface area (Å²) in [5, 5.41) is 0. The Morgan fingerprint density at radius 2 is 1.85 bits per heavy atom. The normalized spacial score (nSPS) is 14.3. The van der Waals surface area contributed by atoms with Gasteiger partial charge in [0.25, 0.3) is 5.91 Å². The van der Waals surface area contributed by atoms with Crippen LogP contribution in [0.25, 0.3) is 0 Å². The average Bonchev–Trinajstić information content (AvgIpc) is 2.69. The van der Waals surface area contributed by atoms with Gasteiger partial charge in [-0.3, -0.25) is 4.79 Å². The topological polar surface area (TPSA) is 42.0 Å². The first-order valence-electron chi connectivity index (χ1n) is 8.73. The molecule has 5 nitrogen and oxygen atoms in total. The van der Waals surface area contributed by atoms with Gasteiger partial charge in [-0.25, -0.2) is 0 Å². The number of nitrogens with zero attached hydrogens (tertiary/aromatic N) is 2. The summed E-state index contributed by atoms with van der Waals surface area (Å²) in [6.45, 7) is 5.51. The van der Waals surface area contributed by atoms with Crippen LogP contribution < -0.4 is 14.4 Å². The molecule has 2 aromatic carbocycles. The zero-order valence-corrected chi connectivity index (χ0v) is 16.7. The highest BCUT2D eigenvalue weighted by molar-refractivity contribution is 9.10. The molecule has 1 amide bonds. The summed E-state index contributed by atoms with van der Waals surface area (Å²) >= 11 is 3.47. The maximum Gasteiger partial charge on any atom is 0.255 e. The summed E-state index contributed by atoms with van der Waals surface area (Å²) < 4.78 is 11.8. The second-order valence-corrected chi connectivity index (χ2v) is 6.88. The van der Waals surface area contributed by atoms with Gasteiger partial charge in [-0.15, -0.1) is 0 Å². The summed E-state index contributed by atoms with van der Waals surface area (Å²) in [5.41, 5.74) is 1.72. The molecule has 1 fully saturated rings. The first-order chi connectivity index (χ1) is 12.6. The minimum absolute atomic E-state index is 0.0218. The van der Waals surface area contributed by atoms with E-state index in [0.717, 1.165) is 29.0 Å². The molecule has 2 aromatic rings. The van der Waals surface area contributed by atoms with Crippen molar-refractivity contribution in [2.75, 3.05) is 44.8 Å². The monoisotopic (exact) mass is 418 g/mol. The quantitative estimate of drug-likeness (QED) is 0.739. The van der Waals surface area contributed by atoms with Gasteiger partial charge >= 0.3 is 0 Å². The number of para-hydroxylation sites is 2. The van der Waals surface area contributed by atoms with Crippen LogP contribution in [-0.4, -0.2) is 50.7 Å². The Bertz CT molecular complexity index is 773. The number of piperazine rings is 1. The Morgan fingerprint density at radius 1 is 1.12 bits per heavy atom. The van der Waals surface area contributed by atoms with Gasteiger partial charge in [-0.1, -0.05) is 12.1 Å². The maximum atomic E-state index is 12.9. The first-order valence-corrected chi connectivity index (χ1v) is 9.53. The van der Waals surface area contributed by atoms with E-state index in [1.54, 1.807) is 13.2 Å². The number of carbonyl (C=O) groups is 1. The fourth-order valence-electron chi connectivity index (χ4n) is 3.11. The molecule has 0 radical (unpaired) electrons. The Balaban J connectivity index is 1.70. The first kappa shape index (κ1) is 18.6. The van der Waals surface area contributed by atoms with Crippen LogP contribution in [-0.2, 0) is 0 Å². The SMILES string of the molecule is CCOc1ccccc1N1CCN(C(=O)c2cc(OC)ccc2Br)CC1. The van der Waals surface area contributed by atoms with E-state index < -0.39 is 0 Å². The van der Waals surface area contributed by atoms with Crippen molar-refractivity contribution < 1.29 is 14.3 Å². The van der Waals surface area contributed by atoms with Gasteiger partial charge in [0.05, 0.1) is 25.0 Å². The van der Waals surface area contributed by atoms with Crippen molar-refractivity contribution in [2.45, 2.75) is 6.92 Å². The third-order valence-electron chi connectivity index (χ3n) is 4.48. The van der Waals surface area contributed by atoms with Crippen molar-refractivity contribution >= 4 is 27.5 Å². The lowest BCUT2D eigenvalue weighted by molar-refractivity contribution is 0.0745. The predicted molar refractivity (Wildman–Crippen MR) is 106 cm³/mol. The molecule has 3 rings (SSSR count). The van der Waals surface area contributed by atoms with Gasteiger partial charge in [0, 0.05) is 30.7 Å². The zero-order chi connectivity index (χ0) is 18.5. The number of methoxy groups -OCH3 is 1. The van der Waals surface area contributed by atoms with Crippen LogP contribution >= 0.6 is 15.9 Å².